The van der Waals surface area contributed by atoms with Crippen molar-refractivity contribution >= 4 is 32.6 Å². The van der Waals surface area contributed by atoms with Gasteiger partial charge in [0.2, 0.25) is 5.82 Å². The maximum absolute atomic E-state index is 13.2. The Balaban J connectivity index is 1.64. The van der Waals surface area contributed by atoms with Crippen LogP contribution in [0.1, 0.15) is 47.6 Å². The van der Waals surface area contributed by atoms with Crippen LogP contribution in [0, 0.1) is 13.8 Å². The van der Waals surface area contributed by atoms with Gasteiger partial charge in [-0.2, -0.15) is 0 Å². The molecule has 0 saturated carbocycles. The lowest BCUT2D eigenvalue weighted by molar-refractivity contribution is 0.0931. The van der Waals surface area contributed by atoms with Crippen molar-refractivity contribution in [2.24, 2.45) is 0 Å². The topological polar surface area (TPSA) is 97.2 Å². The molecule has 0 radical (unpaired) electrons. The fourth-order valence-electron chi connectivity index (χ4n) is 4.93. The molecule has 1 unspecified atom stereocenters. The number of sulfone groups is 1. The standard InChI is InChI=1S/C24H29N5O3S/c1-16-17(2)29(19-9-5-3-6-10-19)23-20(16)22(28-12-7-4-8-13-28)26-21(27-23)24(30)25-18-11-14-33(31,32)15-18/h3,5-6,9-10,18H,4,7-8,11-15H2,1-2H3,(H,25,30). The van der Waals surface area contributed by atoms with E-state index in [1.165, 1.54) is 6.42 Å². The molecule has 2 aliphatic rings. The fraction of sp³-hybridized carbons (Fsp3) is 0.458. The summed E-state index contributed by atoms with van der Waals surface area (Å²) in [4.78, 5) is 24.9. The number of nitrogens with zero attached hydrogens (tertiary/aromatic N) is 4. The SMILES string of the molecule is Cc1c(C)n(-c2ccccc2)c2nc(C(=O)NC3CCS(=O)(=O)C3)nc(N3CCCCC3)c12. The number of rotatable bonds is 4. The van der Waals surface area contributed by atoms with Gasteiger partial charge in [-0.05, 0) is 57.2 Å². The number of piperidine rings is 1. The molecule has 1 amide bonds. The second-order valence-electron chi connectivity index (χ2n) is 9.07. The maximum atomic E-state index is 13.2. The van der Waals surface area contributed by atoms with E-state index < -0.39 is 21.8 Å². The van der Waals surface area contributed by atoms with Crippen LogP contribution in [0.5, 0.6) is 0 Å². The Morgan fingerprint density at radius 3 is 2.45 bits per heavy atom. The molecule has 5 rings (SSSR count). The number of nitrogens with one attached hydrogen (secondary N) is 1. The van der Waals surface area contributed by atoms with Gasteiger partial charge in [-0.1, -0.05) is 18.2 Å². The van der Waals surface area contributed by atoms with Crippen LogP contribution in [0.3, 0.4) is 0 Å². The molecule has 9 heteroatoms. The van der Waals surface area contributed by atoms with Crippen molar-refractivity contribution in [1.29, 1.82) is 0 Å². The van der Waals surface area contributed by atoms with E-state index in [9.17, 15) is 13.2 Å². The van der Waals surface area contributed by atoms with E-state index in [0.29, 0.717) is 12.1 Å². The first kappa shape index (κ1) is 21.9. The minimum Gasteiger partial charge on any atom is -0.356 e. The molecule has 0 bridgehead atoms. The van der Waals surface area contributed by atoms with E-state index in [0.717, 1.165) is 54.1 Å². The van der Waals surface area contributed by atoms with Crippen molar-refractivity contribution < 1.29 is 13.2 Å². The predicted octanol–water partition coefficient (Wildman–Crippen LogP) is 2.94. The first-order valence-corrected chi connectivity index (χ1v) is 13.4. The smallest absolute Gasteiger partial charge is 0.289 e. The molecule has 33 heavy (non-hydrogen) atoms. The first-order chi connectivity index (χ1) is 15.8. The van der Waals surface area contributed by atoms with Crippen LogP contribution in [0.15, 0.2) is 30.3 Å². The van der Waals surface area contributed by atoms with Crippen LogP contribution < -0.4 is 10.2 Å². The van der Waals surface area contributed by atoms with Gasteiger partial charge in [-0.25, -0.2) is 18.4 Å². The molecule has 1 N–H and O–H groups in total. The molecule has 1 aromatic carbocycles. The molecule has 2 fully saturated rings. The lowest BCUT2D eigenvalue weighted by Crippen LogP contribution is -2.37. The number of para-hydroxylation sites is 1. The highest BCUT2D eigenvalue weighted by Gasteiger charge is 2.31. The number of fused-ring (bicyclic) bond motifs is 1. The number of benzene rings is 1. The summed E-state index contributed by atoms with van der Waals surface area (Å²) >= 11 is 0. The van der Waals surface area contributed by atoms with Crippen molar-refractivity contribution in [2.45, 2.75) is 45.6 Å². The van der Waals surface area contributed by atoms with Gasteiger partial charge in [0.05, 0.1) is 16.9 Å². The molecule has 4 heterocycles. The van der Waals surface area contributed by atoms with E-state index >= 15 is 0 Å². The summed E-state index contributed by atoms with van der Waals surface area (Å²) in [7, 11) is -3.10. The lowest BCUT2D eigenvalue weighted by Gasteiger charge is -2.28. The summed E-state index contributed by atoms with van der Waals surface area (Å²) in [6, 6.07) is 9.59. The summed E-state index contributed by atoms with van der Waals surface area (Å²) in [5, 5.41) is 3.83. The normalized spacial score (nSPS) is 20.3. The van der Waals surface area contributed by atoms with E-state index in [-0.39, 0.29) is 17.3 Å². The van der Waals surface area contributed by atoms with Crippen LogP contribution in [0.4, 0.5) is 5.82 Å². The van der Waals surface area contributed by atoms with Gasteiger partial charge < -0.3 is 10.2 Å². The zero-order valence-corrected chi connectivity index (χ0v) is 19.9. The number of aromatic nitrogens is 3. The third-order valence-corrected chi connectivity index (χ3v) is 8.54. The molecular weight excluding hydrogens is 438 g/mol. The third-order valence-electron chi connectivity index (χ3n) is 6.78. The largest absolute Gasteiger partial charge is 0.356 e. The molecule has 2 aliphatic heterocycles. The average Bonchev–Trinajstić information content (AvgIpc) is 3.29. The Kier molecular flexibility index (Phi) is 5.60. The van der Waals surface area contributed by atoms with Gasteiger partial charge >= 0.3 is 0 Å². The molecule has 1 atom stereocenters. The van der Waals surface area contributed by atoms with E-state index in [1.54, 1.807) is 0 Å². The molecule has 0 aliphatic carbocycles. The highest BCUT2D eigenvalue weighted by Crippen LogP contribution is 2.34. The van der Waals surface area contributed by atoms with Gasteiger partial charge in [0.15, 0.2) is 15.5 Å². The van der Waals surface area contributed by atoms with Crippen LogP contribution in [-0.2, 0) is 9.84 Å². The van der Waals surface area contributed by atoms with Gasteiger partial charge in [0.1, 0.15) is 5.82 Å². The van der Waals surface area contributed by atoms with E-state index in [4.69, 9.17) is 9.97 Å². The highest BCUT2D eigenvalue weighted by molar-refractivity contribution is 7.91. The Morgan fingerprint density at radius 2 is 1.79 bits per heavy atom. The summed E-state index contributed by atoms with van der Waals surface area (Å²) in [5.41, 5.74) is 3.84. The van der Waals surface area contributed by atoms with E-state index in [1.807, 2.05) is 30.3 Å². The third kappa shape index (κ3) is 4.10. The summed E-state index contributed by atoms with van der Waals surface area (Å²) in [6.45, 7) is 5.93. The Bertz CT molecular complexity index is 1310. The maximum Gasteiger partial charge on any atom is 0.289 e. The zero-order chi connectivity index (χ0) is 23.2. The van der Waals surface area contributed by atoms with Gasteiger partial charge in [-0.3, -0.25) is 9.36 Å². The number of carbonyl (C=O) groups is 1. The molecule has 2 aromatic heterocycles. The lowest BCUT2D eigenvalue weighted by atomic mass is 10.1. The number of amides is 1. The molecule has 0 spiro atoms. The predicted molar refractivity (Wildman–Crippen MR) is 129 cm³/mol. The van der Waals surface area contributed by atoms with Gasteiger partial charge in [0, 0.05) is 30.5 Å². The van der Waals surface area contributed by atoms with Crippen molar-refractivity contribution in [3.05, 3.63) is 47.4 Å². The van der Waals surface area contributed by atoms with Gasteiger partial charge in [-0.15, -0.1) is 0 Å². The summed E-state index contributed by atoms with van der Waals surface area (Å²) < 4.78 is 25.8. The zero-order valence-electron chi connectivity index (χ0n) is 19.0. The Morgan fingerprint density at radius 1 is 1.06 bits per heavy atom. The highest BCUT2D eigenvalue weighted by atomic mass is 32.2. The van der Waals surface area contributed by atoms with Crippen molar-refractivity contribution in [2.75, 3.05) is 29.5 Å². The fourth-order valence-corrected chi connectivity index (χ4v) is 6.60. The second-order valence-corrected chi connectivity index (χ2v) is 11.3. The molecule has 3 aromatic rings. The number of hydrogen-bond acceptors (Lipinski definition) is 6. The number of hydrogen-bond donors (Lipinski definition) is 1. The quantitative estimate of drug-likeness (QED) is 0.634. The summed E-state index contributed by atoms with van der Waals surface area (Å²) in [6.07, 6.45) is 3.79. The van der Waals surface area contributed by atoms with Crippen LogP contribution in [0.2, 0.25) is 0 Å². The summed E-state index contributed by atoms with van der Waals surface area (Å²) in [5.74, 6) is 0.527. The average molecular weight is 468 g/mol. The molecule has 2 saturated heterocycles. The minimum absolute atomic E-state index is 0.0292. The molecular formula is C24H29N5O3S. The number of aryl methyl sites for hydroxylation is 1. The van der Waals surface area contributed by atoms with Crippen LogP contribution in [-0.4, -0.2) is 59.5 Å². The Hall–Kier alpha value is -2.94. The van der Waals surface area contributed by atoms with Crippen LogP contribution in [0.25, 0.3) is 16.7 Å². The van der Waals surface area contributed by atoms with Crippen molar-refractivity contribution in [3.63, 3.8) is 0 Å². The van der Waals surface area contributed by atoms with Crippen LogP contribution >= 0.6 is 0 Å². The molecule has 8 nitrogen and oxygen atoms in total. The number of carbonyl (C=O) groups excluding carboxylic acids is 1. The van der Waals surface area contributed by atoms with E-state index in [2.05, 4.69) is 28.6 Å². The number of anilines is 1. The first-order valence-electron chi connectivity index (χ1n) is 11.6. The monoisotopic (exact) mass is 467 g/mol. The van der Waals surface area contributed by atoms with Crippen molar-refractivity contribution in [1.82, 2.24) is 19.9 Å². The van der Waals surface area contributed by atoms with Gasteiger partial charge in [0.25, 0.3) is 5.91 Å². The van der Waals surface area contributed by atoms with Crippen molar-refractivity contribution in [3.8, 4) is 5.69 Å². The minimum atomic E-state index is -3.10. The molecule has 174 valence electrons. The second kappa shape index (κ2) is 8.44. The Labute approximate surface area is 193 Å².